The third-order valence-electron chi connectivity index (χ3n) is 5.95. The molecule has 33 heavy (non-hydrogen) atoms. The summed E-state index contributed by atoms with van der Waals surface area (Å²) in [6.45, 7) is 13.9. The summed E-state index contributed by atoms with van der Waals surface area (Å²) in [5, 5.41) is 5.59. The zero-order valence-electron chi connectivity index (χ0n) is 21.3. The van der Waals surface area contributed by atoms with Gasteiger partial charge in [0.2, 0.25) is 11.8 Å². The minimum Gasteiger partial charge on any atom is -0.444 e. The van der Waals surface area contributed by atoms with E-state index in [1.807, 2.05) is 32.0 Å². The summed E-state index contributed by atoms with van der Waals surface area (Å²) in [5.74, 6) is -0.168. The van der Waals surface area contributed by atoms with Crippen LogP contribution >= 0.6 is 0 Å². The van der Waals surface area contributed by atoms with Crippen molar-refractivity contribution < 1.29 is 19.1 Å². The molecule has 0 bridgehead atoms. The highest BCUT2D eigenvalue weighted by molar-refractivity contribution is 5.91. The number of nitrogens with one attached hydrogen (secondary N) is 2. The molecule has 1 fully saturated rings. The number of benzene rings is 1. The molecule has 1 aromatic carbocycles. The third-order valence-corrected chi connectivity index (χ3v) is 5.95. The maximum Gasteiger partial charge on any atom is 0.408 e. The second-order valence-electron chi connectivity index (χ2n) is 10.2. The van der Waals surface area contributed by atoms with Crippen molar-refractivity contribution in [3.05, 3.63) is 34.9 Å². The van der Waals surface area contributed by atoms with Gasteiger partial charge in [-0.3, -0.25) is 9.59 Å². The molecule has 1 saturated carbocycles. The highest BCUT2D eigenvalue weighted by Crippen LogP contribution is 2.40. The molecule has 3 amide bonds. The van der Waals surface area contributed by atoms with Crippen LogP contribution in [-0.4, -0.2) is 47.5 Å². The number of rotatable bonds is 10. The zero-order valence-corrected chi connectivity index (χ0v) is 21.3. The predicted molar refractivity (Wildman–Crippen MR) is 130 cm³/mol. The molecule has 184 valence electrons. The summed E-state index contributed by atoms with van der Waals surface area (Å²) in [6, 6.07) is 5.12. The number of alkyl carbamates (subject to hydrolysis) is 1. The van der Waals surface area contributed by atoms with E-state index in [9.17, 15) is 14.4 Å². The number of unbranched alkanes of at least 4 members (excludes halogenated alkanes) is 2. The Morgan fingerprint density at radius 2 is 1.79 bits per heavy atom. The molecule has 0 heterocycles. The number of carbonyl (C=O) groups is 3. The lowest BCUT2D eigenvalue weighted by atomic mass is 9.98. The van der Waals surface area contributed by atoms with Crippen LogP contribution in [0, 0.1) is 19.8 Å². The van der Waals surface area contributed by atoms with Crippen LogP contribution < -0.4 is 10.6 Å². The minimum atomic E-state index is -0.742. The standard InChI is InChI=1S/C26H41N3O4/c1-8-9-10-13-27-24(31)23(20-12-11-17(2)18(3)14-20)29(21-15-19(21)4)22(30)16-28-25(32)33-26(5,6)7/h11-12,14,19,21,23H,8-10,13,15-16H2,1-7H3,(H,27,31)(H,28,32). The molecule has 0 radical (unpaired) electrons. The third kappa shape index (κ3) is 8.06. The zero-order chi connectivity index (χ0) is 24.8. The van der Waals surface area contributed by atoms with E-state index < -0.39 is 17.7 Å². The van der Waals surface area contributed by atoms with Crippen LogP contribution in [0.1, 0.15) is 83.0 Å². The fourth-order valence-corrected chi connectivity index (χ4v) is 3.82. The van der Waals surface area contributed by atoms with Gasteiger partial charge < -0.3 is 20.3 Å². The fraction of sp³-hybridized carbons (Fsp3) is 0.654. The van der Waals surface area contributed by atoms with E-state index in [-0.39, 0.29) is 24.4 Å². The molecule has 0 spiro atoms. The van der Waals surface area contributed by atoms with Crippen molar-refractivity contribution >= 4 is 17.9 Å². The Balaban J connectivity index is 2.28. The van der Waals surface area contributed by atoms with Gasteiger partial charge in [-0.25, -0.2) is 4.79 Å². The van der Waals surface area contributed by atoms with E-state index >= 15 is 0 Å². The molecule has 1 aliphatic rings. The Morgan fingerprint density at radius 3 is 2.33 bits per heavy atom. The molecule has 1 aliphatic carbocycles. The number of amides is 3. The largest absolute Gasteiger partial charge is 0.444 e. The van der Waals surface area contributed by atoms with Crippen LogP contribution in [0.2, 0.25) is 0 Å². The number of ether oxygens (including phenoxy) is 1. The molecule has 0 aliphatic heterocycles. The average Bonchev–Trinajstić information content (AvgIpc) is 3.44. The van der Waals surface area contributed by atoms with Gasteiger partial charge in [-0.15, -0.1) is 0 Å². The van der Waals surface area contributed by atoms with Gasteiger partial charge >= 0.3 is 6.09 Å². The lowest BCUT2D eigenvalue weighted by Crippen LogP contribution is -2.49. The van der Waals surface area contributed by atoms with Crippen LogP contribution in [-0.2, 0) is 14.3 Å². The summed E-state index contributed by atoms with van der Waals surface area (Å²) in [5.41, 5.74) is 2.33. The highest BCUT2D eigenvalue weighted by Gasteiger charge is 2.46. The van der Waals surface area contributed by atoms with E-state index in [4.69, 9.17) is 4.74 Å². The van der Waals surface area contributed by atoms with Gasteiger partial charge in [-0.1, -0.05) is 44.9 Å². The molecule has 3 unspecified atom stereocenters. The number of hydrogen-bond donors (Lipinski definition) is 2. The first-order valence-corrected chi connectivity index (χ1v) is 12.1. The Labute approximate surface area is 198 Å². The molecule has 3 atom stereocenters. The fourth-order valence-electron chi connectivity index (χ4n) is 3.82. The van der Waals surface area contributed by atoms with Gasteiger partial charge in [-0.05, 0) is 70.1 Å². The normalized spacial score (nSPS) is 18.3. The van der Waals surface area contributed by atoms with Gasteiger partial charge in [0.25, 0.3) is 0 Å². The van der Waals surface area contributed by atoms with E-state index in [2.05, 4.69) is 24.5 Å². The number of nitrogens with zero attached hydrogens (tertiary/aromatic N) is 1. The predicted octanol–water partition coefficient (Wildman–Crippen LogP) is 4.41. The van der Waals surface area contributed by atoms with Gasteiger partial charge in [0, 0.05) is 12.6 Å². The van der Waals surface area contributed by atoms with Crippen molar-refractivity contribution in [3.63, 3.8) is 0 Å². The monoisotopic (exact) mass is 459 g/mol. The van der Waals surface area contributed by atoms with Crippen molar-refractivity contribution in [1.29, 1.82) is 0 Å². The van der Waals surface area contributed by atoms with E-state index in [0.717, 1.165) is 42.4 Å². The Hall–Kier alpha value is -2.57. The smallest absolute Gasteiger partial charge is 0.408 e. The second-order valence-corrected chi connectivity index (χ2v) is 10.2. The number of carbonyl (C=O) groups excluding carboxylic acids is 3. The Morgan fingerprint density at radius 1 is 1.12 bits per heavy atom. The molecule has 0 saturated heterocycles. The van der Waals surface area contributed by atoms with Crippen molar-refractivity contribution in [1.82, 2.24) is 15.5 Å². The van der Waals surface area contributed by atoms with Crippen LogP contribution in [0.25, 0.3) is 0 Å². The second kappa shape index (κ2) is 11.5. The first-order chi connectivity index (χ1) is 15.4. The SMILES string of the molecule is CCCCCNC(=O)C(c1ccc(C)c(C)c1)N(C(=O)CNC(=O)OC(C)(C)C)C1CC1C. The number of hydrogen-bond acceptors (Lipinski definition) is 4. The summed E-state index contributed by atoms with van der Waals surface area (Å²) < 4.78 is 5.26. The highest BCUT2D eigenvalue weighted by atomic mass is 16.6. The van der Waals surface area contributed by atoms with Gasteiger partial charge in [0.15, 0.2) is 0 Å². The molecular weight excluding hydrogens is 418 g/mol. The van der Waals surface area contributed by atoms with E-state index in [0.29, 0.717) is 12.5 Å². The summed E-state index contributed by atoms with van der Waals surface area (Å²) in [7, 11) is 0. The van der Waals surface area contributed by atoms with Crippen molar-refractivity contribution in [3.8, 4) is 0 Å². The average molecular weight is 460 g/mol. The van der Waals surface area contributed by atoms with Gasteiger partial charge in [0.05, 0.1) is 0 Å². The van der Waals surface area contributed by atoms with E-state index in [1.54, 1.807) is 25.7 Å². The van der Waals surface area contributed by atoms with Crippen LogP contribution in [0.4, 0.5) is 4.79 Å². The van der Waals surface area contributed by atoms with Crippen LogP contribution in [0.15, 0.2) is 18.2 Å². The van der Waals surface area contributed by atoms with Gasteiger partial charge in [-0.2, -0.15) is 0 Å². The summed E-state index contributed by atoms with van der Waals surface area (Å²) >= 11 is 0. The topological polar surface area (TPSA) is 87.7 Å². The lowest BCUT2D eigenvalue weighted by Gasteiger charge is -2.32. The van der Waals surface area contributed by atoms with E-state index in [1.165, 1.54) is 0 Å². The lowest BCUT2D eigenvalue weighted by molar-refractivity contribution is -0.141. The first-order valence-electron chi connectivity index (χ1n) is 12.1. The molecule has 2 N–H and O–H groups in total. The first kappa shape index (κ1) is 26.7. The quantitative estimate of drug-likeness (QED) is 0.507. The summed E-state index contributed by atoms with van der Waals surface area (Å²) in [6.07, 6.45) is 3.19. The van der Waals surface area contributed by atoms with Gasteiger partial charge in [0.1, 0.15) is 18.2 Å². The molecule has 0 aromatic heterocycles. The van der Waals surface area contributed by atoms with Crippen molar-refractivity contribution in [2.24, 2.45) is 5.92 Å². The number of aryl methyl sites for hydroxylation is 2. The molecule has 1 aromatic rings. The van der Waals surface area contributed by atoms with Crippen molar-refractivity contribution in [2.45, 2.75) is 91.8 Å². The Kier molecular flexibility index (Phi) is 9.32. The molecular formula is C26H41N3O4. The van der Waals surface area contributed by atoms with Crippen molar-refractivity contribution in [2.75, 3.05) is 13.1 Å². The molecule has 7 heteroatoms. The maximum atomic E-state index is 13.4. The molecule has 7 nitrogen and oxygen atoms in total. The maximum absolute atomic E-state index is 13.4. The Bertz CT molecular complexity index is 846. The summed E-state index contributed by atoms with van der Waals surface area (Å²) in [4.78, 5) is 40.5. The van der Waals surface area contributed by atoms with Crippen LogP contribution in [0.5, 0.6) is 0 Å². The minimum absolute atomic E-state index is 0.0362. The van der Waals surface area contributed by atoms with Crippen LogP contribution in [0.3, 0.4) is 0 Å². The molecule has 2 rings (SSSR count).